The Morgan fingerprint density at radius 2 is 2.13 bits per heavy atom. The van der Waals surface area contributed by atoms with Crippen molar-refractivity contribution in [1.29, 1.82) is 0 Å². The predicted octanol–water partition coefficient (Wildman–Crippen LogP) is 1.29. The van der Waals surface area contributed by atoms with Crippen molar-refractivity contribution in [2.24, 2.45) is 5.92 Å². The Labute approximate surface area is 134 Å². The number of hydrogen-bond acceptors (Lipinski definition) is 5. The molecule has 1 aliphatic rings. The number of aromatic nitrogens is 2. The van der Waals surface area contributed by atoms with Gasteiger partial charge in [0, 0.05) is 30.6 Å². The highest BCUT2D eigenvalue weighted by Gasteiger charge is 2.35. The van der Waals surface area contributed by atoms with Crippen LogP contribution in [0.25, 0.3) is 0 Å². The van der Waals surface area contributed by atoms with Gasteiger partial charge in [-0.3, -0.25) is 14.8 Å². The number of carbonyl (C=O) groups is 1. The minimum atomic E-state index is -0.341. The van der Waals surface area contributed by atoms with Crippen LogP contribution >= 0.6 is 0 Å². The van der Waals surface area contributed by atoms with E-state index < -0.39 is 0 Å². The summed E-state index contributed by atoms with van der Waals surface area (Å²) in [6, 6.07) is 7.02. The zero-order valence-electron chi connectivity index (χ0n) is 12.6. The third kappa shape index (κ3) is 3.65. The Morgan fingerprint density at radius 3 is 2.78 bits per heavy atom. The fourth-order valence-electron chi connectivity index (χ4n) is 2.86. The maximum absolute atomic E-state index is 12.4. The Balaban J connectivity index is 1.73. The molecule has 3 N–H and O–H groups in total. The highest BCUT2D eigenvalue weighted by molar-refractivity contribution is 5.96. The lowest BCUT2D eigenvalue weighted by Gasteiger charge is -2.38. The van der Waals surface area contributed by atoms with Gasteiger partial charge >= 0.3 is 0 Å². The average Bonchev–Trinajstić information content (AvgIpc) is 2.52. The number of rotatable bonds is 5. The van der Waals surface area contributed by atoms with Gasteiger partial charge in [-0.1, -0.05) is 6.07 Å². The summed E-state index contributed by atoms with van der Waals surface area (Å²) in [7, 11) is 0. The van der Waals surface area contributed by atoms with E-state index in [2.05, 4.69) is 15.3 Å². The molecular formula is C17H19N3O3. The lowest BCUT2D eigenvalue weighted by Crippen LogP contribution is -2.48. The van der Waals surface area contributed by atoms with Crippen molar-refractivity contribution >= 4 is 5.91 Å². The topological polar surface area (TPSA) is 95.3 Å². The summed E-state index contributed by atoms with van der Waals surface area (Å²) >= 11 is 0. The quantitative estimate of drug-likeness (QED) is 0.773. The third-order valence-electron chi connectivity index (χ3n) is 4.24. The summed E-state index contributed by atoms with van der Waals surface area (Å²) in [5.41, 5.74) is 1.09. The first-order valence-electron chi connectivity index (χ1n) is 7.65. The maximum atomic E-state index is 12.4. The zero-order valence-corrected chi connectivity index (χ0v) is 12.6. The summed E-state index contributed by atoms with van der Waals surface area (Å²) in [6.07, 6.45) is 6.07. The van der Waals surface area contributed by atoms with Crippen LogP contribution in [0.3, 0.4) is 0 Å². The Bertz CT molecular complexity index is 672. The van der Waals surface area contributed by atoms with Crippen LogP contribution in [0.15, 0.2) is 42.9 Å². The summed E-state index contributed by atoms with van der Waals surface area (Å²) in [4.78, 5) is 20.5. The molecule has 2 aromatic heterocycles. The Morgan fingerprint density at radius 1 is 1.30 bits per heavy atom. The van der Waals surface area contributed by atoms with Gasteiger partial charge in [0.25, 0.3) is 5.91 Å². The van der Waals surface area contributed by atoms with Crippen LogP contribution in [0.4, 0.5) is 0 Å². The number of pyridine rings is 2. The molecule has 1 atom stereocenters. The van der Waals surface area contributed by atoms with Gasteiger partial charge in [-0.15, -0.1) is 0 Å². The van der Waals surface area contributed by atoms with Crippen molar-refractivity contribution in [3.05, 3.63) is 54.1 Å². The van der Waals surface area contributed by atoms with E-state index in [4.69, 9.17) is 0 Å². The molecule has 1 unspecified atom stereocenters. The van der Waals surface area contributed by atoms with E-state index in [-0.39, 0.29) is 35.3 Å². The number of nitrogens with zero attached hydrogens (tertiary/aromatic N) is 2. The van der Waals surface area contributed by atoms with Gasteiger partial charge in [-0.25, -0.2) is 0 Å². The highest BCUT2D eigenvalue weighted by Crippen LogP contribution is 2.32. The molecule has 1 amide bonds. The largest absolute Gasteiger partial charge is 0.505 e. The lowest BCUT2D eigenvalue weighted by atomic mass is 9.76. The van der Waals surface area contributed by atoms with E-state index in [0.29, 0.717) is 19.3 Å². The van der Waals surface area contributed by atoms with Gasteiger partial charge in [0.05, 0.1) is 17.9 Å². The normalized spacial score (nSPS) is 21.3. The number of hydrogen-bond donors (Lipinski definition) is 3. The molecule has 0 aromatic carbocycles. The molecule has 3 rings (SSSR count). The average molecular weight is 313 g/mol. The van der Waals surface area contributed by atoms with Gasteiger partial charge in [0.2, 0.25) is 0 Å². The first kappa shape index (κ1) is 15.4. The SMILES string of the molecule is O=C(NC(Cc1ccccn1)C1CC(O)C1)c1ccncc1O. The summed E-state index contributed by atoms with van der Waals surface area (Å²) in [6.45, 7) is 0. The molecule has 1 fully saturated rings. The zero-order chi connectivity index (χ0) is 16.2. The number of aromatic hydroxyl groups is 1. The molecule has 0 saturated heterocycles. The summed E-state index contributed by atoms with van der Waals surface area (Å²) < 4.78 is 0. The molecule has 0 bridgehead atoms. The maximum Gasteiger partial charge on any atom is 0.255 e. The fraction of sp³-hybridized carbons (Fsp3) is 0.353. The molecule has 23 heavy (non-hydrogen) atoms. The van der Waals surface area contributed by atoms with Crippen molar-refractivity contribution in [1.82, 2.24) is 15.3 Å². The minimum absolute atomic E-state index is 0.131. The molecule has 0 aliphatic heterocycles. The second-order valence-corrected chi connectivity index (χ2v) is 5.88. The Kier molecular flexibility index (Phi) is 4.52. The van der Waals surface area contributed by atoms with Crippen LogP contribution in [-0.2, 0) is 6.42 Å². The highest BCUT2D eigenvalue weighted by atomic mass is 16.3. The summed E-state index contributed by atoms with van der Waals surface area (Å²) in [5.74, 6) is -0.276. The van der Waals surface area contributed by atoms with Crippen molar-refractivity contribution < 1.29 is 15.0 Å². The number of aliphatic hydroxyl groups excluding tert-OH is 1. The van der Waals surface area contributed by atoms with Crippen LogP contribution in [-0.4, -0.2) is 38.2 Å². The monoisotopic (exact) mass is 313 g/mol. The smallest absolute Gasteiger partial charge is 0.255 e. The van der Waals surface area contributed by atoms with Crippen molar-refractivity contribution in [3.8, 4) is 5.75 Å². The van der Waals surface area contributed by atoms with Gasteiger partial charge < -0.3 is 15.5 Å². The molecule has 0 radical (unpaired) electrons. The van der Waals surface area contributed by atoms with Gasteiger partial charge in [0.1, 0.15) is 5.75 Å². The van der Waals surface area contributed by atoms with Crippen LogP contribution < -0.4 is 5.32 Å². The van der Waals surface area contributed by atoms with Crippen LogP contribution in [0.2, 0.25) is 0 Å². The van der Waals surface area contributed by atoms with E-state index in [1.165, 1.54) is 18.5 Å². The molecule has 1 saturated carbocycles. The summed E-state index contributed by atoms with van der Waals surface area (Å²) in [5, 5.41) is 22.3. The second kappa shape index (κ2) is 6.75. The Hall–Kier alpha value is -2.47. The fourth-order valence-corrected chi connectivity index (χ4v) is 2.86. The number of carbonyl (C=O) groups excluding carboxylic acids is 1. The third-order valence-corrected chi connectivity index (χ3v) is 4.24. The molecule has 2 heterocycles. The van der Waals surface area contributed by atoms with Crippen LogP contribution in [0, 0.1) is 5.92 Å². The van der Waals surface area contributed by atoms with Gasteiger partial charge in [-0.2, -0.15) is 0 Å². The predicted molar refractivity (Wildman–Crippen MR) is 83.8 cm³/mol. The van der Waals surface area contributed by atoms with E-state index in [1.807, 2.05) is 18.2 Å². The molecule has 0 spiro atoms. The van der Waals surface area contributed by atoms with Crippen LogP contribution in [0.5, 0.6) is 5.75 Å². The number of aliphatic hydroxyl groups is 1. The minimum Gasteiger partial charge on any atom is -0.505 e. The molecular weight excluding hydrogens is 294 g/mol. The van der Waals surface area contributed by atoms with Gasteiger partial charge in [-0.05, 0) is 37.0 Å². The standard InChI is InChI=1S/C17H19N3O3/c21-13-7-11(8-13)15(9-12-3-1-2-5-19-12)20-17(23)14-4-6-18-10-16(14)22/h1-6,10-11,13,15,21-22H,7-9H2,(H,20,23). The van der Waals surface area contributed by atoms with Gasteiger partial charge in [0.15, 0.2) is 0 Å². The number of nitrogens with one attached hydrogen (secondary N) is 1. The van der Waals surface area contributed by atoms with Crippen LogP contribution in [0.1, 0.15) is 28.9 Å². The van der Waals surface area contributed by atoms with E-state index in [9.17, 15) is 15.0 Å². The molecule has 6 nitrogen and oxygen atoms in total. The van der Waals surface area contributed by atoms with E-state index in [0.717, 1.165) is 5.69 Å². The first-order chi connectivity index (χ1) is 11.1. The van der Waals surface area contributed by atoms with Crippen molar-refractivity contribution in [3.63, 3.8) is 0 Å². The molecule has 6 heteroatoms. The van der Waals surface area contributed by atoms with E-state index in [1.54, 1.807) is 6.20 Å². The second-order valence-electron chi connectivity index (χ2n) is 5.88. The molecule has 1 aliphatic carbocycles. The van der Waals surface area contributed by atoms with Crippen molar-refractivity contribution in [2.45, 2.75) is 31.4 Å². The lowest BCUT2D eigenvalue weighted by molar-refractivity contribution is 0.0237. The number of amides is 1. The van der Waals surface area contributed by atoms with Crippen molar-refractivity contribution in [2.75, 3.05) is 0 Å². The van der Waals surface area contributed by atoms with E-state index >= 15 is 0 Å². The first-order valence-corrected chi connectivity index (χ1v) is 7.65. The molecule has 2 aromatic rings. The molecule has 120 valence electrons.